The molecule has 0 amide bonds. The third-order valence-electron chi connectivity index (χ3n) is 4.12. The van der Waals surface area contributed by atoms with Crippen molar-refractivity contribution >= 4 is 32.0 Å². The fourth-order valence-corrected chi connectivity index (χ4v) is 3.88. The number of hydrogen-bond acceptors (Lipinski definition) is 10. The number of nitrogens with two attached hydrogens (primary N) is 1. The molecular formula is C22H42N3O11P. The van der Waals surface area contributed by atoms with Crippen LogP contribution in [0.25, 0.3) is 0 Å². The molecule has 0 aromatic carbocycles. The van der Waals surface area contributed by atoms with Crippen LogP contribution in [0.3, 0.4) is 0 Å². The summed E-state index contributed by atoms with van der Waals surface area (Å²) in [5.74, 6) is -1.75. The molecule has 15 heteroatoms. The lowest BCUT2D eigenvalue weighted by molar-refractivity contribution is -0.152. The SMILES string of the molecule is CCCOC(=O)OC(OP(=O)(/N=C(/N)N(C)CC(=O)O)OC(OC(=O)OCCC)C(C)(C)C)C(C)(C)C. The monoisotopic (exact) mass is 555 g/mol. The maximum atomic E-state index is 14.0. The minimum atomic E-state index is -4.78. The highest BCUT2D eigenvalue weighted by Crippen LogP contribution is 2.56. The first-order chi connectivity index (χ1) is 16.8. The number of rotatable bonds is 13. The Morgan fingerprint density at radius 1 is 0.892 bits per heavy atom. The van der Waals surface area contributed by atoms with Gasteiger partial charge >= 0.3 is 26.0 Å². The van der Waals surface area contributed by atoms with Crippen molar-refractivity contribution in [1.82, 2.24) is 4.90 Å². The van der Waals surface area contributed by atoms with Gasteiger partial charge in [-0.2, -0.15) is 0 Å². The van der Waals surface area contributed by atoms with Gasteiger partial charge in [-0.1, -0.05) is 55.4 Å². The molecule has 2 unspecified atom stereocenters. The number of ether oxygens (including phenoxy) is 4. The Bertz CT molecular complexity index is 791. The predicted octanol–water partition coefficient (Wildman–Crippen LogP) is 4.33. The molecule has 0 aliphatic rings. The fraction of sp³-hybridized carbons (Fsp3) is 0.818. The van der Waals surface area contributed by atoms with Crippen LogP contribution in [0.4, 0.5) is 9.59 Å². The lowest BCUT2D eigenvalue weighted by Crippen LogP contribution is -2.39. The Morgan fingerprint density at radius 3 is 1.57 bits per heavy atom. The highest BCUT2D eigenvalue weighted by molar-refractivity contribution is 7.52. The van der Waals surface area contributed by atoms with Gasteiger partial charge in [0.1, 0.15) is 6.54 Å². The standard InChI is InChI=1S/C22H42N3O11P/c1-10-12-31-19(28)33-16(21(3,4)5)35-37(30,24-18(23)25(9)14-15(26)27)36-17(22(6,7)8)34-20(29)32-13-11-2/h16-17H,10-14H2,1-9H3,(H,26,27)(H2,23,24,30). The van der Waals surface area contributed by atoms with Crippen LogP contribution in [-0.2, 0) is 37.4 Å². The smallest absolute Gasteiger partial charge is 0.480 e. The van der Waals surface area contributed by atoms with Crippen LogP contribution in [0.5, 0.6) is 0 Å². The van der Waals surface area contributed by atoms with E-state index in [0.29, 0.717) is 12.8 Å². The Hall–Kier alpha value is -2.57. The third kappa shape index (κ3) is 14.1. The van der Waals surface area contributed by atoms with Crippen LogP contribution in [-0.4, -0.2) is 73.6 Å². The number of carboxylic acid groups (broad SMARTS) is 1. The van der Waals surface area contributed by atoms with E-state index in [-0.39, 0.29) is 13.2 Å². The van der Waals surface area contributed by atoms with Crippen LogP contribution in [0.15, 0.2) is 4.76 Å². The summed E-state index contributed by atoms with van der Waals surface area (Å²) in [5, 5.41) is 9.05. The van der Waals surface area contributed by atoms with Gasteiger partial charge in [0.2, 0.25) is 18.5 Å². The van der Waals surface area contributed by atoms with E-state index in [4.69, 9.17) is 38.8 Å². The maximum Gasteiger partial charge on any atom is 0.510 e. The van der Waals surface area contributed by atoms with Crippen molar-refractivity contribution in [2.24, 2.45) is 21.3 Å². The first kappa shape index (κ1) is 34.4. The zero-order valence-corrected chi connectivity index (χ0v) is 24.0. The fourth-order valence-electron chi connectivity index (χ4n) is 2.13. The minimum Gasteiger partial charge on any atom is -0.480 e. The molecule has 0 radical (unpaired) electrons. The second-order valence-corrected chi connectivity index (χ2v) is 11.8. The molecule has 0 rings (SSSR count). The van der Waals surface area contributed by atoms with Gasteiger partial charge in [-0.3, -0.25) is 4.79 Å². The highest BCUT2D eigenvalue weighted by Gasteiger charge is 2.44. The molecule has 0 saturated carbocycles. The zero-order valence-electron chi connectivity index (χ0n) is 23.1. The number of guanidine groups is 1. The molecule has 0 aromatic rings. The zero-order chi connectivity index (χ0) is 29.0. The largest absolute Gasteiger partial charge is 0.510 e. The Balaban J connectivity index is 6.38. The van der Waals surface area contributed by atoms with Gasteiger partial charge in [-0.15, -0.1) is 4.76 Å². The number of hydrogen-bond donors (Lipinski definition) is 2. The molecule has 0 heterocycles. The molecule has 0 bridgehead atoms. The van der Waals surface area contributed by atoms with Gasteiger partial charge in [0.05, 0.1) is 13.2 Å². The van der Waals surface area contributed by atoms with Crippen LogP contribution in [0.1, 0.15) is 68.2 Å². The van der Waals surface area contributed by atoms with E-state index in [1.807, 2.05) is 0 Å². The third-order valence-corrected chi connectivity index (χ3v) is 5.48. The Morgan fingerprint density at radius 2 is 1.27 bits per heavy atom. The normalized spacial score (nSPS) is 15.6. The summed E-state index contributed by atoms with van der Waals surface area (Å²) in [7, 11) is -3.49. The molecule has 0 aromatic heterocycles. The predicted molar refractivity (Wildman–Crippen MR) is 134 cm³/mol. The summed E-state index contributed by atoms with van der Waals surface area (Å²) >= 11 is 0. The number of carbonyl (C=O) groups is 3. The van der Waals surface area contributed by atoms with Gasteiger partial charge in [0.15, 0.2) is 0 Å². The van der Waals surface area contributed by atoms with Gasteiger partial charge in [-0.25, -0.2) is 23.2 Å². The highest BCUT2D eigenvalue weighted by atomic mass is 31.2. The van der Waals surface area contributed by atoms with Crippen molar-refractivity contribution in [3.8, 4) is 0 Å². The van der Waals surface area contributed by atoms with E-state index in [2.05, 4.69) is 4.76 Å². The lowest BCUT2D eigenvalue weighted by Gasteiger charge is -2.34. The summed E-state index contributed by atoms with van der Waals surface area (Å²) in [6.07, 6.45) is -4.16. The van der Waals surface area contributed by atoms with Crippen molar-refractivity contribution < 1.29 is 52.1 Å². The molecule has 2 atom stereocenters. The Kier molecular flexibility index (Phi) is 13.9. The van der Waals surface area contributed by atoms with Gasteiger partial charge in [0.25, 0.3) is 0 Å². The van der Waals surface area contributed by atoms with Crippen molar-refractivity contribution in [1.29, 1.82) is 0 Å². The minimum absolute atomic E-state index is 0.0781. The summed E-state index contributed by atoms with van der Waals surface area (Å²) in [5.41, 5.74) is 3.93. The molecule has 37 heavy (non-hydrogen) atoms. The summed E-state index contributed by atoms with van der Waals surface area (Å²) in [6.45, 7) is 12.9. The molecule has 0 saturated heterocycles. The van der Waals surface area contributed by atoms with E-state index < -0.39 is 61.9 Å². The van der Waals surface area contributed by atoms with Crippen molar-refractivity contribution in [2.75, 3.05) is 26.8 Å². The van der Waals surface area contributed by atoms with Crippen LogP contribution < -0.4 is 5.73 Å². The molecule has 216 valence electrons. The van der Waals surface area contributed by atoms with E-state index >= 15 is 0 Å². The molecule has 14 nitrogen and oxygen atoms in total. The van der Waals surface area contributed by atoms with E-state index in [1.165, 1.54) is 7.05 Å². The van der Waals surface area contributed by atoms with Crippen LogP contribution in [0, 0.1) is 10.8 Å². The second kappa shape index (κ2) is 15.0. The van der Waals surface area contributed by atoms with Crippen molar-refractivity contribution in [3.05, 3.63) is 0 Å². The van der Waals surface area contributed by atoms with Crippen molar-refractivity contribution in [3.63, 3.8) is 0 Å². The van der Waals surface area contributed by atoms with Gasteiger partial charge in [-0.05, 0) is 12.8 Å². The number of nitrogens with zero attached hydrogens (tertiary/aromatic N) is 2. The first-order valence-electron chi connectivity index (χ1n) is 11.8. The maximum absolute atomic E-state index is 14.0. The first-order valence-corrected chi connectivity index (χ1v) is 13.3. The van der Waals surface area contributed by atoms with Gasteiger partial charge < -0.3 is 34.7 Å². The number of carboxylic acids is 1. The summed E-state index contributed by atoms with van der Waals surface area (Å²) < 4.78 is 49.3. The van der Waals surface area contributed by atoms with E-state index in [9.17, 15) is 18.9 Å². The topological polar surface area (TPSA) is 186 Å². The Labute approximate surface area is 218 Å². The molecular weight excluding hydrogens is 513 g/mol. The number of aliphatic carboxylic acids is 1. The molecule has 3 N–H and O–H groups in total. The van der Waals surface area contributed by atoms with Gasteiger partial charge in [0, 0.05) is 17.9 Å². The van der Waals surface area contributed by atoms with E-state index in [0.717, 1.165) is 4.90 Å². The average Bonchev–Trinajstić information content (AvgIpc) is 2.73. The molecule has 0 aliphatic heterocycles. The quantitative estimate of drug-likeness (QED) is 0.108. The number of likely N-dealkylation sites (N-methyl/N-ethyl adjacent to an activating group) is 1. The molecule has 0 spiro atoms. The van der Waals surface area contributed by atoms with Crippen molar-refractivity contribution in [2.45, 2.75) is 80.8 Å². The summed E-state index contributed by atoms with van der Waals surface area (Å²) in [6, 6.07) is 0. The number of carbonyl (C=O) groups excluding carboxylic acids is 2. The molecule has 0 aliphatic carbocycles. The summed E-state index contributed by atoms with van der Waals surface area (Å²) in [4.78, 5) is 36.4. The average molecular weight is 556 g/mol. The lowest BCUT2D eigenvalue weighted by atomic mass is 9.96. The van der Waals surface area contributed by atoms with Crippen LogP contribution >= 0.6 is 7.75 Å². The molecule has 0 fully saturated rings. The van der Waals surface area contributed by atoms with E-state index in [1.54, 1.807) is 55.4 Å². The van der Waals surface area contributed by atoms with Crippen LogP contribution in [0.2, 0.25) is 0 Å². The second-order valence-electron chi connectivity index (χ2n) is 10.2.